The molecule has 0 radical (unpaired) electrons. The van der Waals surface area contributed by atoms with E-state index in [0.29, 0.717) is 16.6 Å². The molecule has 0 fully saturated rings. The standard InChI is InChI=1S/C15H12Br2N2O2/c1-7-2-3-8(16)4-9(7)14(20)10-5-12-13(6-11(10)17)19-15(21)18-12/h2-6,14,20H,1H3,(H2,18,19,21). The molecule has 1 atom stereocenters. The number of nitrogens with one attached hydrogen (secondary N) is 2. The van der Waals surface area contributed by atoms with E-state index in [0.717, 1.165) is 20.1 Å². The van der Waals surface area contributed by atoms with Gasteiger partial charge in [0, 0.05) is 14.5 Å². The number of aliphatic hydroxyl groups excluding tert-OH is 1. The normalized spacial score (nSPS) is 12.8. The van der Waals surface area contributed by atoms with Gasteiger partial charge in [0.15, 0.2) is 0 Å². The fourth-order valence-electron chi connectivity index (χ4n) is 2.36. The van der Waals surface area contributed by atoms with Crippen LogP contribution in [0.15, 0.2) is 44.1 Å². The number of aromatic amines is 2. The van der Waals surface area contributed by atoms with Crippen molar-refractivity contribution in [1.29, 1.82) is 0 Å². The van der Waals surface area contributed by atoms with E-state index in [9.17, 15) is 9.90 Å². The Morgan fingerprint density at radius 2 is 1.71 bits per heavy atom. The summed E-state index contributed by atoms with van der Waals surface area (Å²) in [5.41, 5.74) is 3.64. The SMILES string of the molecule is Cc1ccc(Br)cc1C(O)c1cc2[nH]c(=O)[nH]c2cc1Br. The molecule has 0 bridgehead atoms. The van der Waals surface area contributed by atoms with Crippen LogP contribution in [-0.4, -0.2) is 15.1 Å². The first-order valence-corrected chi connectivity index (χ1v) is 7.90. The lowest BCUT2D eigenvalue weighted by molar-refractivity contribution is 0.219. The van der Waals surface area contributed by atoms with Crippen LogP contribution < -0.4 is 5.69 Å². The summed E-state index contributed by atoms with van der Waals surface area (Å²) < 4.78 is 1.66. The minimum Gasteiger partial charge on any atom is -0.384 e. The molecule has 108 valence electrons. The summed E-state index contributed by atoms with van der Waals surface area (Å²) in [4.78, 5) is 16.8. The van der Waals surface area contributed by atoms with Crippen LogP contribution in [0.3, 0.4) is 0 Å². The van der Waals surface area contributed by atoms with Crippen molar-refractivity contribution in [3.8, 4) is 0 Å². The monoisotopic (exact) mass is 410 g/mol. The largest absolute Gasteiger partial charge is 0.384 e. The quantitative estimate of drug-likeness (QED) is 0.600. The fraction of sp³-hybridized carbons (Fsp3) is 0.133. The van der Waals surface area contributed by atoms with Gasteiger partial charge in [-0.2, -0.15) is 0 Å². The summed E-state index contributed by atoms with van der Waals surface area (Å²) in [6.45, 7) is 1.95. The fourth-order valence-corrected chi connectivity index (χ4v) is 3.29. The Bertz CT molecular complexity index is 883. The van der Waals surface area contributed by atoms with Crippen molar-refractivity contribution in [2.24, 2.45) is 0 Å². The molecular formula is C15H12Br2N2O2. The Hall–Kier alpha value is -1.37. The number of hydrogen-bond acceptors (Lipinski definition) is 2. The van der Waals surface area contributed by atoms with Crippen molar-refractivity contribution >= 4 is 42.9 Å². The number of aliphatic hydroxyl groups is 1. The Kier molecular flexibility index (Phi) is 3.77. The molecule has 0 saturated carbocycles. The zero-order valence-electron chi connectivity index (χ0n) is 11.1. The van der Waals surface area contributed by atoms with Gasteiger partial charge in [-0.25, -0.2) is 4.79 Å². The highest BCUT2D eigenvalue weighted by Gasteiger charge is 2.17. The van der Waals surface area contributed by atoms with E-state index in [1.807, 2.05) is 25.1 Å². The van der Waals surface area contributed by atoms with Gasteiger partial charge in [0.25, 0.3) is 0 Å². The van der Waals surface area contributed by atoms with E-state index in [2.05, 4.69) is 41.8 Å². The second-order valence-corrected chi connectivity index (χ2v) is 6.67. The molecular weight excluding hydrogens is 400 g/mol. The van der Waals surface area contributed by atoms with Crippen LogP contribution in [0.2, 0.25) is 0 Å². The molecule has 0 aliphatic heterocycles. The van der Waals surface area contributed by atoms with Crippen LogP contribution in [0.5, 0.6) is 0 Å². The molecule has 3 rings (SSSR count). The Balaban J connectivity index is 2.16. The first-order valence-electron chi connectivity index (χ1n) is 6.31. The van der Waals surface area contributed by atoms with Gasteiger partial charge in [-0.05, 0) is 42.3 Å². The van der Waals surface area contributed by atoms with E-state index >= 15 is 0 Å². The molecule has 1 aromatic heterocycles. The zero-order chi connectivity index (χ0) is 15.1. The number of aryl methyl sites for hydroxylation is 1. The lowest BCUT2D eigenvalue weighted by Gasteiger charge is -2.16. The molecule has 3 N–H and O–H groups in total. The van der Waals surface area contributed by atoms with Crippen molar-refractivity contribution in [3.63, 3.8) is 0 Å². The molecule has 4 nitrogen and oxygen atoms in total. The predicted octanol–water partition coefficient (Wildman–Crippen LogP) is 3.77. The van der Waals surface area contributed by atoms with Crippen molar-refractivity contribution in [2.75, 3.05) is 0 Å². The van der Waals surface area contributed by atoms with Gasteiger partial charge in [-0.15, -0.1) is 0 Å². The summed E-state index contributed by atoms with van der Waals surface area (Å²) in [5, 5.41) is 10.7. The van der Waals surface area contributed by atoms with E-state index in [4.69, 9.17) is 0 Å². The van der Waals surface area contributed by atoms with Crippen molar-refractivity contribution < 1.29 is 5.11 Å². The number of imidazole rings is 1. The maximum atomic E-state index is 11.4. The lowest BCUT2D eigenvalue weighted by Crippen LogP contribution is -2.03. The smallest absolute Gasteiger partial charge is 0.323 e. The minimum atomic E-state index is -0.778. The second-order valence-electron chi connectivity index (χ2n) is 4.90. The third-order valence-corrected chi connectivity index (χ3v) is 4.64. The van der Waals surface area contributed by atoms with E-state index in [1.165, 1.54) is 0 Å². The number of fused-ring (bicyclic) bond motifs is 1. The van der Waals surface area contributed by atoms with Crippen LogP contribution in [0, 0.1) is 6.92 Å². The third kappa shape index (κ3) is 2.71. The number of halogens is 2. The summed E-state index contributed by atoms with van der Waals surface area (Å²) in [6.07, 6.45) is -0.778. The van der Waals surface area contributed by atoms with Gasteiger partial charge in [-0.1, -0.05) is 37.9 Å². The summed E-state index contributed by atoms with van der Waals surface area (Å²) in [7, 11) is 0. The minimum absolute atomic E-state index is 0.262. The molecule has 0 aliphatic rings. The van der Waals surface area contributed by atoms with Crippen LogP contribution in [0.1, 0.15) is 22.8 Å². The second kappa shape index (κ2) is 5.44. The zero-order valence-corrected chi connectivity index (χ0v) is 14.2. The predicted molar refractivity (Wildman–Crippen MR) is 89.6 cm³/mol. The molecule has 1 heterocycles. The van der Waals surface area contributed by atoms with Crippen LogP contribution >= 0.6 is 31.9 Å². The highest BCUT2D eigenvalue weighted by atomic mass is 79.9. The first kappa shape index (κ1) is 14.6. The van der Waals surface area contributed by atoms with Crippen LogP contribution in [0.4, 0.5) is 0 Å². The van der Waals surface area contributed by atoms with E-state index in [1.54, 1.807) is 12.1 Å². The van der Waals surface area contributed by atoms with Gasteiger partial charge in [0.05, 0.1) is 11.0 Å². The Labute approximate surface area is 137 Å². The number of aromatic nitrogens is 2. The molecule has 21 heavy (non-hydrogen) atoms. The molecule has 0 aliphatic carbocycles. The molecule has 6 heteroatoms. The summed E-state index contributed by atoms with van der Waals surface area (Å²) in [6, 6.07) is 9.36. The topological polar surface area (TPSA) is 68.9 Å². The van der Waals surface area contributed by atoms with Gasteiger partial charge < -0.3 is 15.1 Å². The van der Waals surface area contributed by atoms with Crippen molar-refractivity contribution in [3.05, 3.63) is 66.5 Å². The van der Waals surface area contributed by atoms with Crippen molar-refractivity contribution in [1.82, 2.24) is 9.97 Å². The Morgan fingerprint density at radius 1 is 1.05 bits per heavy atom. The van der Waals surface area contributed by atoms with Gasteiger partial charge >= 0.3 is 5.69 Å². The van der Waals surface area contributed by atoms with E-state index < -0.39 is 6.10 Å². The Morgan fingerprint density at radius 3 is 2.43 bits per heavy atom. The summed E-state index contributed by atoms with van der Waals surface area (Å²) >= 11 is 6.88. The van der Waals surface area contributed by atoms with Gasteiger partial charge in [-0.3, -0.25) is 0 Å². The molecule has 0 amide bonds. The maximum absolute atomic E-state index is 11.4. The highest BCUT2D eigenvalue weighted by molar-refractivity contribution is 9.10. The molecule has 3 aromatic rings. The average Bonchev–Trinajstić information content (AvgIpc) is 2.79. The number of hydrogen-bond donors (Lipinski definition) is 3. The third-order valence-electron chi connectivity index (χ3n) is 3.46. The summed E-state index contributed by atoms with van der Waals surface area (Å²) in [5.74, 6) is 0. The first-order chi connectivity index (χ1) is 9.95. The lowest BCUT2D eigenvalue weighted by atomic mass is 9.97. The average molecular weight is 412 g/mol. The number of rotatable bonds is 2. The number of H-pyrrole nitrogens is 2. The van der Waals surface area contributed by atoms with Crippen LogP contribution in [-0.2, 0) is 0 Å². The molecule has 0 spiro atoms. The van der Waals surface area contributed by atoms with Crippen LogP contribution in [0.25, 0.3) is 11.0 Å². The number of benzene rings is 2. The highest BCUT2D eigenvalue weighted by Crippen LogP contribution is 2.33. The molecule has 0 saturated heterocycles. The molecule has 1 unspecified atom stereocenters. The van der Waals surface area contributed by atoms with E-state index in [-0.39, 0.29) is 5.69 Å². The maximum Gasteiger partial charge on any atom is 0.323 e. The van der Waals surface area contributed by atoms with Crippen molar-refractivity contribution in [2.45, 2.75) is 13.0 Å². The van der Waals surface area contributed by atoms with Gasteiger partial charge in [0.1, 0.15) is 6.10 Å². The molecule has 2 aromatic carbocycles. The van der Waals surface area contributed by atoms with Gasteiger partial charge in [0.2, 0.25) is 0 Å².